The molecule has 1 unspecified atom stereocenters. The van der Waals surface area contributed by atoms with Crippen molar-refractivity contribution in [1.82, 2.24) is 19.7 Å². The number of thioether (sulfide) groups is 1. The Hall–Kier alpha value is -3.00. The largest absolute Gasteiger partial charge is 0.454 e. The molecule has 0 spiro atoms. The van der Waals surface area contributed by atoms with Gasteiger partial charge in [0, 0.05) is 23.8 Å². The molecule has 5 rings (SSSR count). The predicted octanol–water partition coefficient (Wildman–Crippen LogP) is 4.55. The number of piperidine rings is 1. The van der Waals surface area contributed by atoms with Gasteiger partial charge >= 0.3 is 0 Å². The molecule has 0 bridgehead atoms. The second-order valence-corrected chi connectivity index (χ2v) is 8.92. The fraction of sp³-hybridized carbons (Fsp3) is 0.375. The lowest BCUT2D eigenvalue weighted by molar-refractivity contribution is -0.132. The fourth-order valence-corrected chi connectivity index (χ4v) is 5.20. The zero-order valence-electron chi connectivity index (χ0n) is 18.1. The first kappa shape index (κ1) is 20.9. The minimum Gasteiger partial charge on any atom is -0.454 e. The maximum absolute atomic E-state index is 13.0. The van der Waals surface area contributed by atoms with Gasteiger partial charge in [0.25, 0.3) is 0 Å². The van der Waals surface area contributed by atoms with Gasteiger partial charge in [0.15, 0.2) is 22.5 Å². The van der Waals surface area contributed by atoms with Gasteiger partial charge in [-0.3, -0.25) is 9.36 Å². The first-order valence-corrected chi connectivity index (χ1v) is 12.1. The van der Waals surface area contributed by atoms with E-state index in [9.17, 15) is 4.79 Å². The lowest BCUT2D eigenvalue weighted by atomic mass is 10.0. The predicted molar refractivity (Wildman–Crippen MR) is 123 cm³/mol. The van der Waals surface area contributed by atoms with Gasteiger partial charge in [-0.25, -0.2) is 0 Å². The summed E-state index contributed by atoms with van der Waals surface area (Å²) < 4.78 is 13.0. The average molecular weight is 451 g/mol. The van der Waals surface area contributed by atoms with E-state index in [1.165, 1.54) is 18.2 Å². The molecule has 3 aromatic rings. The number of likely N-dealkylation sites (tertiary alicyclic amines) is 1. The van der Waals surface area contributed by atoms with Crippen LogP contribution in [0.15, 0.2) is 53.7 Å². The van der Waals surface area contributed by atoms with Crippen LogP contribution in [-0.2, 0) is 4.79 Å². The van der Waals surface area contributed by atoms with Crippen LogP contribution in [0.2, 0.25) is 0 Å². The number of carbonyl (C=O) groups excluding carboxylic acids is 1. The molecule has 1 fully saturated rings. The number of fused-ring (bicyclic) bond motifs is 1. The van der Waals surface area contributed by atoms with E-state index in [-0.39, 0.29) is 12.7 Å². The average Bonchev–Trinajstić information content (AvgIpc) is 3.49. The Kier molecular flexibility index (Phi) is 6.03. The summed E-state index contributed by atoms with van der Waals surface area (Å²) in [5.41, 5.74) is 1.83. The topological polar surface area (TPSA) is 69.5 Å². The summed E-state index contributed by atoms with van der Waals surface area (Å²) in [5.74, 6) is 2.65. The minimum absolute atomic E-state index is 0.175. The number of hydrogen-bond donors (Lipinski definition) is 0. The SMILES string of the molecule is CCC1CCCCN1C(=O)CSc1nnc(-c2ccc3c(c2)OCO3)n1-c1ccccc1. The highest BCUT2D eigenvalue weighted by Crippen LogP contribution is 2.37. The van der Waals surface area contributed by atoms with Crippen LogP contribution in [0.25, 0.3) is 17.1 Å². The van der Waals surface area contributed by atoms with E-state index >= 15 is 0 Å². The van der Waals surface area contributed by atoms with Gasteiger partial charge < -0.3 is 14.4 Å². The molecule has 1 aromatic heterocycles. The van der Waals surface area contributed by atoms with E-state index in [4.69, 9.17) is 9.47 Å². The Bertz CT molecular complexity index is 1100. The molecule has 7 nitrogen and oxygen atoms in total. The Morgan fingerprint density at radius 2 is 1.94 bits per heavy atom. The molecule has 1 atom stereocenters. The molecule has 166 valence electrons. The van der Waals surface area contributed by atoms with E-state index in [2.05, 4.69) is 22.0 Å². The van der Waals surface area contributed by atoms with Gasteiger partial charge in [-0.15, -0.1) is 10.2 Å². The van der Waals surface area contributed by atoms with E-state index in [1.54, 1.807) is 0 Å². The van der Waals surface area contributed by atoms with Crippen molar-refractivity contribution in [3.8, 4) is 28.6 Å². The van der Waals surface area contributed by atoms with Gasteiger partial charge in [-0.1, -0.05) is 36.9 Å². The third kappa shape index (κ3) is 4.07. The number of para-hydroxylation sites is 1. The maximum atomic E-state index is 13.0. The molecule has 0 N–H and O–H groups in total. The van der Waals surface area contributed by atoms with Crippen molar-refractivity contribution >= 4 is 17.7 Å². The van der Waals surface area contributed by atoms with Crippen LogP contribution >= 0.6 is 11.8 Å². The molecule has 32 heavy (non-hydrogen) atoms. The van der Waals surface area contributed by atoms with Gasteiger partial charge in [0.1, 0.15) is 0 Å². The zero-order chi connectivity index (χ0) is 21.9. The van der Waals surface area contributed by atoms with Crippen molar-refractivity contribution in [3.63, 3.8) is 0 Å². The van der Waals surface area contributed by atoms with Crippen molar-refractivity contribution in [1.29, 1.82) is 0 Å². The van der Waals surface area contributed by atoms with Gasteiger partial charge in [0.05, 0.1) is 5.75 Å². The summed E-state index contributed by atoms with van der Waals surface area (Å²) in [4.78, 5) is 15.1. The molecule has 1 amide bonds. The molecule has 3 heterocycles. The molecule has 8 heteroatoms. The van der Waals surface area contributed by atoms with Crippen LogP contribution in [0.3, 0.4) is 0 Å². The third-order valence-electron chi connectivity index (χ3n) is 6.02. The number of rotatable bonds is 6. The summed E-state index contributed by atoms with van der Waals surface area (Å²) in [6.07, 6.45) is 4.39. The summed E-state index contributed by atoms with van der Waals surface area (Å²) in [6, 6.07) is 16.1. The second-order valence-electron chi connectivity index (χ2n) is 7.98. The Labute approximate surface area is 191 Å². The summed E-state index contributed by atoms with van der Waals surface area (Å²) >= 11 is 1.44. The van der Waals surface area contributed by atoms with Crippen LogP contribution in [-0.4, -0.2) is 50.7 Å². The zero-order valence-corrected chi connectivity index (χ0v) is 18.9. The van der Waals surface area contributed by atoms with Crippen LogP contribution in [0, 0.1) is 0 Å². The molecular formula is C24H26N4O3S. The Balaban J connectivity index is 1.43. The van der Waals surface area contributed by atoms with Crippen molar-refractivity contribution in [2.45, 2.75) is 43.8 Å². The van der Waals surface area contributed by atoms with Crippen molar-refractivity contribution < 1.29 is 14.3 Å². The summed E-state index contributed by atoms with van der Waals surface area (Å²) in [6.45, 7) is 3.24. The van der Waals surface area contributed by atoms with Crippen molar-refractivity contribution in [2.75, 3.05) is 19.1 Å². The highest BCUT2D eigenvalue weighted by atomic mass is 32.2. The number of ether oxygens (including phenoxy) is 2. The van der Waals surface area contributed by atoms with Crippen LogP contribution in [0.5, 0.6) is 11.5 Å². The first-order valence-electron chi connectivity index (χ1n) is 11.1. The van der Waals surface area contributed by atoms with Gasteiger partial charge in [-0.2, -0.15) is 0 Å². The van der Waals surface area contributed by atoms with Crippen molar-refractivity contribution in [2.24, 2.45) is 0 Å². The normalized spacial score (nSPS) is 17.5. The molecule has 2 aliphatic heterocycles. The number of nitrogens with zero attached hydrogens (tertiary/aromatic N) is 4. The number of carbonyl (C=O) groups is 1. The second kappa shape index (κ2) is 9.24. The number of hydrogen-bond acceptors (Lipinski definition) is 6. The van der Waals surface area contributed by atoms with E-state index in [1.807, 2.05) is 53.1 Å². The maximum Gasteiger partial charge on any atom is 0.233 e. The van der Waals surface area contributed by atoms with Crippen LogP contribution in [0.4, 0.5) is 0 Å². The van der Waals surface area contributed by atoms with E-state index in [0.717, 1.165) is 42.8 Å². The quantitative estimate of drug-likeness (QED) is 0.514. The summed E-state index contributed by atoms with van der Waals surface area (Å²) in [7, 11) is 0. The lowest BCUT2D eigenvalue weighted by Crippen LogP contribution is -2.44. The van der Waals surface area contributed by atoms with E-state index in [0.29, 0.717) is 28.5 Å². The molecule has 0 aliphatic carbocycles. The standard InChI is InChI=1S/C24H26N4O3S/c1-2-18-8-6-7-13-27(18)22(29)15-32-24-26-25-23(28(24)19-9-4-3-5-10-19)17-11-12-20-21(14-17)31-16-30-20/h3-5,9-12,14,18H,2,6-8,13,15-16H2,1H3. The number of benzene rings is 2. The number of aromatic nitrogens is 3. The number of amides is 1. The minimum atomic E-state index is 0.175. The third-order valence-corrected chi connectivity index (χ3v) is 6.94. The first-order chi connectivity index (χ1) is 15.7. The highest BCUT2D eigenvalue weighted by Gasteiger charge is 2.26. The van der Waals surface area contributed by atoms with Crippen LogP contribution in [0.1, 0.15) is 32.6 Å². The molecule has 2 aliphatic rings. The molecule has 0 radical (unpaired) electrons. The van der Waals surface area contributed by atoms with Gasteiger partial charge in [-0.05, 0) is 56.0 Å². The van der Waals surface area contributed by atoms with E-state index < -0.39 is 0 Å². The summed E-state index contributed by atoms with van der Waals surface area (Å²) in [5, 5.41) is 9.63. The lowest BCUT2D eigenvalue weighted by Gasteiger charge is -2.35. The fourth-order valence-electron chi connectivity index (χ4n) is 4.36. The Morgan fingerprint density at radius 1 is 1.09 bits per heavy atom. The molecular weight excluding hydrogens is 424 g/mol. The van der Waals surface area contributed by atoms with Gasteiger partial charge in [0.2, 0.25) is 12.7 Å². The molecule has 0 saturated carbocycles. The molecule has 2 aromatic carbocycles. The van der Waals surface area contributed by atoms with Crippen LogP contribution < -0.4 is 9.47 Å². The Morgan fingerprint density at radius 3 is 2.78 bits per heavy atom. The molecule has 1 saturated heterocycles. The monoisotopic (exact) mass is 450 g/mol. The smallest absolute Gasteiger partial charge is 0.233 e. The highest BCUT2D eigenvalue weighted by molar-refractivity contribution is 7.99. The van der Waals surface area contributed by atoms with Crippen molar-refractivity contribution in [3.05, 3.63) is 48.5 Å².